The lowest BCUT2D eigenvalue weighted by Crippen LogP contribution is -2.61. The number of benzene rings is 4. The minimum Gasteiger partial charge on any atom is -0.453 e. The third-order valence-corrected chi connectivity index (χ3v) is 11.0. The molecule has 13 heteroatoms. The molecule has 6 aromatic rings. The zero-order chi connectivity index (χ0) is 34.5. The van der Waals surface area contributed by atoms with Crippen LogP contribution in [0.1, 0.15) is 31.4 Å². The molecular formula is C37H29ClN6O5S. The SMILES string of the molecule is CCC(CC(c1nccc(Cl)n1)(N1c2ccccc2Oc2ccccc21)N1c2ccccc2Oc2ccccc21)(c1ncccn1)S(=O)(=O)O. The first kappa shape index (κ1) is 31.7. The molecule has 1 atom stereocenters. The van der Waals surface area contributed by atoms with Crippen molar-refractivity contribution in [2.45, 2.75) is 30.2 Å². The van der Waals surface area contributed by atoms with Crippen molar-refractivity contribution in [2.75, 3.05) is 9.80 Å². The lowest BCUT2D eigenvalue weighted by molar-refractivity contribution is 0.282. The number of anilines is 4. The van der Waals surface area contributed by atoms with Crippen LogP contribution in [0.25, 0.3) is 0 Å². The molecule has 2 aromatic heterocycles. The molecule has 1 unspecified atom stereocenters. The first-order valence-corrected chi connectivity index (χ1v) is 17.6. The molecule has 0 saturated heterocycles. The van der Waals surface area contributed by atoms with E-state index in [1.807, 2.05) is 107 Å². The van der Waals surface area contributed by atoms with Gasteiger partial charge in [0.1, 0.15) is 5.15 Å². The smallest absolute Gasteiger partial charge is 0.278 e. The number of ether oxygens (including phenoxy) is 2. The fourth-order valence-corrected chi connectivity index (χ4v) is 8.18. The molecule has 0 fully saturated rings. The molecule has 2 aliphatic heterocycles. The van der Waals surface area contributed by atoms with Crippen molar-refractivity contribution in [3.63, 3.8) is 0 Å². The fourth-order valence-electron chi connectivity index (χ4n) is 6.96. The molecule has 0 bridgehead atoms. The van der Waals surface area contributed by atoms with E-state index in [0.717, 1.165) is 0 Å². The van der Waals surface area contributed by atoms with Crippen LogP contribution in [0.3, 0.4) is 0 Å². The van der Waals surface area contributed by atoms with E-state index in [1.54, 1.807) is 19.1 Å². The Morgan fingerprint density at radius 3 is 1.46 bits per heavy atom. The quantitative estimate of drug-likeness (QED) is 0.121. The molecule has 0 amide bonds. The summed E-state index contributed by atoms with van der Waals surface area (Å²) in [7, 11) is -5.00. The Labute approximate surface area is 293 Å². The maximum Gasteiger partial charge on any atom is 0.278 e. The number of para-hydroxylation sites is 8. The van der Waals surface area contributed by atoms with Crippen molar-refractivity contribution in [3.05, 3.63) is 145 Å². The summed E-state index contributed by atoms with van der Waals surface area (Å²) in [6.45, 7) is 1.68. The fraction of sp³-hybridized carbons (Fsp3) is 0.135. The summed E-state index contributed by atoms with van der Waals surface area (Å²) >= 11 is 6.71. The average Bonchev–Trinajstić information content (AvgIpc) is 3.14. The molecule has 0 aliphatic carbocycles. The summed E-state index contributed by atoms with van der Waals surface area (Å²) in [6.07, 6.45) is 3.89. The molecule has 4 heterocycles. The van der Waals surface area contributed by atoms with E-state index in [4.69, 9.17) is 31.0 Å². The molecule has 50 heavy (non-hydrogen) atoms. The van der Waals surface area contributed by atoms with Gasteiger partial charge in [-0.1, -0.05) is 67.1 Å². The summed E-state index contributed by atoms with van der Waals surface area (Å²) in [5, 5.41) is 0.119. The Morgan fingerprint density at radius 1 is 0.640 bits per heavy atom. The van der Waals surface area contributed by atoms with Crippen molar-refractivity contribution in [1.29, 1.82) is 0 Å². The lowest BCUT2D eigenvalue weighted by Gasteiger charge is -2.55. The summed E-state index contributed by atoms with van der Waals surface area (Å²) in [5.41, 5.74) is 0.522. The lowest BCUT2D eigenvalue weighted by atomic mass is 9.84. The van der Waals surface area contributed by atoms with E-state index in [0.29, 0.717) is 45.7 Å². The second kappa shape index (κ2) is 12.1. The highest BCUT2D eigenvalue weighted by Crippen LogP contribution is 2.61. The molecule has 0 saturated carbocycles. The largest absolute Gasteiger partial charge is 0.453 e. The second-order valence-corrected chi connectivity index (χ2v) is 14.0. The zero-order valence-corrected chi connectivity index (χ0v) is 28.2. The minimum atomic E-state index is -5.00. The number of halogens is 1. The zero-order valence-electron chi connectivity index (χ0n) is 26.6. The Balaban J connectivity index is 1.60. The van der Waals surface area contributed by atoms with Crippen molar-refractivity contribution in [1.82, 2.24) is 19.9 Å². The van der Waals surface area contributed by atoms with Gasteiger partial charge in [-0.25, -0.2) is 19.9 Å². The first-order valence-electron chi connectivity index (χ1n) is 15.8. The summed E-state index contributed by atoms with van der Waals surface area (Å²) in [5.74, 6) is 2.02. The first-order chi connectivity index (χ1) is 24.3. The molecule has 11 nitrogen and oxygen atoms in total. The predicted molar refractivity (Wildman–Crippen MR) is 189 cm³/mol. The Hall–Kier alpha value is -5.56. The van der Waals surface area contributed by atoms with Gasteiger partial charge in [0.2, 0.25) is 0 Å². The van der Waals surface area contributed by atoms with E-state index in [2.05, 4.69) is 9.97 Å². The summed E-state index contributed by atoms with van der Waals surface area (Å²) in [6, 6.07) is 32.9. The van der Waals surface area contributed by atoms with Crippen LogP contribution >= 0.6 is 11.6 Å². The number of rotatable bonds is 8. The van der Waals surface area contributed by atoms with E-state index < -0.39 is 26.9 Å². The monoisotopic (exact) mass is 704 g/mol. The summed E-state index contributed by atoms with van der Waals surface area (Å²) in [4.78, 5) is 22.5. The van der Waals surface area contributed by atoms with Crippen molar-refractivity contribution in [2.24, 2.45) is 0 Å². The van der Waals surface area contributed by atoms with Crippen LogP contribution in [0.5, 0.6) is 23.0 Å². The van der Waals surface area contributed by atoms with Crippen molar-refractivity contribution < 1.29 is 22.4 Å². The van der Waals surface area contributed by atoms with Gasteiger partial charge in [-0.3, -0.25) is 4.55 Å². The Kier molecular flexibility index (Phi) is 7.66. The van der Waals surface area contributed by atoms with Crippen LogP contribution in [-0.2, 0) is 20.5 Å². The van der Waals surface area contributed by atoms with Crippen LogP contribution in [-0.4, -0.2) is 32.9 Å². The second-order valence-electron chi connectivity index (χ2n) is 11.8. The summed E-state index contributed by atoms with van der Waals surface area (Å²) < 4.78 is 50.5. The molecule has 1 N–H and O–H groups in total. The van der Waals surface area contributed by atoms with Crippen LogP contribution in [0.4, 0.5) is 22.7 Å². The van der Waals surface area contributed by atoms with Crippen LogP contribution in [0.15, 0.2) is 128 Å². The highest BCUT2D eigenvalue weighted by molar-refractivity contribution is 7.86. The predicted octanol–water partition coefficient (Wildman–Crippen LogP) is 8.54. The van der Waals surface area contributed by atoms with E-state index >= 15 is 0 Å². The average molecular weight is 705 g/mol. The molecule has 250 valence electrons. The maximum atomic E-state index is 14.1. The number of nitrogens with zero attached hydrogens (tertiary/aromatic N) is 6. The molecule has 4 aromatic carbocycles. The number of aromatic nitrogens is 4. The molecule has 0 radical (unpaired) electrons. The van der Waals surface area contributed by atoms with E-state index in [9.17, 15) is 13.0 Å². The van der Waals surface area contributed by atoms with Crippen LogP contribution in [0, 0.1) is 0 Å². The topological polar surface area (TPSA) is 131 Å². The van der Waals surface area contributed by atoms with Gasteiger partial charge in [0.15, 0.2) is 45.1 Å². The standard InChI is InChI=1S/C37H29ClN6O5S/c1-2-36(50(45,46)47,34-39-21-11-22-40-34)24-37(35-41-23-20-33(38)42-35,43-25-12-3-7-16-29(25)48-30-17-8-4-13-26(30)43)44-27-14-5-9-18-31(27)49-32-19-10-6-15-28(32)44/h3-23H,2,24H2,1H3,(H,45,46,47). The van der Waals surface area contributed by atoms with Gasteiger partial charge >= 0.3 is 0 Å². The van der Waals surface area contributed by atoms with Gasteiger partial charge in [0, 0.05) is 25.0 Å². The minimum absolute atomic E-state index is 0.0962. The highest BCUT2D eigenvalue weighted by atomic mass is 35.5. The van der Waals surface area contributed by atoms with Gasteiger partial charge in [0.25, 0.3) is 10.1 Å². The third kappa shape index (κ3) is 4.86. The third-order valence-electron chi connectivity index (χ3n) is 9.15. The van der Waals surface area contributed by atoms with Gasteiger partial charge in [0.05, 0.1) is 22.7 Å². The van der Waals surface area contributed by atoms with Gasteiger partial charge in [-0.05, 0) is 67.1 Å². The van der Waals surface area contributed by atoms with Gasteiger partial charge in [-0.15, -0.1) is 0 Å². The molecular weight excluding hydrogens is 676 g/mol. The number of hydrogen-bond donors (Lipinski definition) is 1. The van der Waals surface area contributed by atoms with E-state index in [-0.39, 0.29) is 23.2 Å². The number of fused-ring (bicyclic) bond motifs is 4. The Morgan fingerprint density at radius 2 is 1.06 bits per heavy atom. The molecule has 8 rings (SSSR count). The van der Waals surface area contributed by atoms with E-state index in [1.165, 1.54) is 18.6 Å². The highest BCUT2D eigenvalue weighted by Gasteiger charge is 2.61. The normalized spacial score (nSPS) is 14.6. The van der Waals surface area contributed by atoms with Gasteiger partial charge in [-0.2, -0.15) is 8.42 Å². The van der Waals surface area contributed by atoms with Crippen molar-refractivity contribution >= 4 is 44.5 Å². The van der Waals surface area contributed by atoms with Crippen molar-refractivity contribution in [3.8, 4) is 23.0 Å². The Bertz CT molecular complexity index is 2160. The van der Waals surface area contributed by atoms with Crippen LogP contribution in [0.2, 0.25) is 5.15 Å². The maximum absolute atomic E-state index is 14.1. The van der Waals surface area contributed by atoms with Gasteiger partial charge < -0.3 is 19.3 Å². The molecule has 0 spiro atoms. The van der Waals surface area contributed by atoms with Crippen LogP contribution < -0.4 is 19.3 Å². The number of hydrogen-bond acceptors (Lipinski definition) is 10. The molecule has 2 aliphatic rings.